The quantitative estimate of drug-likeness (QED) is 0.342. The van der Waals surface area contributed by atoms with Crippen LogP contribution in [0.2, 0.25) is 0 Å². The van der Waals surface area contributed by atoms with Crippen molar-refractivity contribution in [1.82, 2.24) is 0 Å². The third-order valence-corrected chi connectivity index (χ3v) is 3.33. The first-order valence-corrected chi connectivity index (χ1v) is 7.15. The van der Waals surface area contributed by atoms with Crippen LogP contribution in [-0.4, -0.2) is 58.2 Å². The lowest BCUT2D eigenvalue weighted by molar-refractivity contribution is -0.271. The molecule has 1 saturated heterocycles. The smallest absolute Gasteiger partial charge is 0.419 e. The SMILES string of the molecule is CCOC(=O)C(=[N+]=[N-])[C@H](O)[C@@H]1O[C@@H](c2ccccc2)OC[C@H]1O. The van der Waals surface area contributed by atoms with E-state index in [1.807, 2.05) is 6.07 Å². The minimum absolute atomic E-state index is 0.0500. The van der Waals surface area contributed by atoms with E-state index in [1.54, 1.807) is 31.2 Å². The monoisotopic (exact) mass is 322 g/mol. The molecular formula is C15H18N2O6. The van der Waals surface area contributed by atoms with Crippen LogP contribution in [-0.2, 0) is 19.0 Å². The molecule has 23 heavy (non-hydrogen) atoms. The summed E-state index contributed by atoms with van der Waals surface area (Å²) in [6.45, 7) is 1.52. The van der Waals surface area contributed by atoms with Crippen LogP contribution in [0.4, 0.5) is 0 Å². The van der Waals surface area contributed by atoms with Gasteiger partial charge in [-0.1, -0.05) is 30.3 Å². The number of esters is 1. The summed E-state index contributed by atoms with van der Waals surface area (Å²) in [5, 5.41) is 20.2. The minimum Gasteiger partial charge on any atom is -0.457 e. The highest BCUT2D eigenvalue weighted by atomic mass is 16.7. The molecule has 1 heterocycles. The fraction of sp³-hybridized carbons (Fsp3) is 0.467. The lowest BCUT2D eigenvalue weighted by Gasteiger charge is -2.35. The summed E-state index contributed by atoms with van der Waals surface area (Å²) in [4.78, 5) is 14.4. The molecule has 0 aliphatic carbocycles. The Morgan fingerprint density at radius 3 is 2.78 bits per heavy atom. The Kier molecular flexibility index (Phi) is 5.97. The van der Waals surface area contributed by atoms with Crippen molar-refractivity contribution in [3.05, 3.63) is 41.4 Å². The molecule has 0 spiro atoms. The number of aliphatic hydroxyl groups is 2. The van der Waals surface area contributed by atoms with Crippen LogP contribution in [0, 0.1) is 0 Å². The van der Waals surface area contributed by atoms with Crippen molar-refractivity contribution in [2.24, 2.45) is 0 Å². The number of benzene rings is 1. The molecule has 1 aliphatic heterocycles. The second-order valence-corrected chi connectivity index (χ2v) is 4.89. The van der Waals surface area contributed by atoms with Gasteiger partial charge in [0, 0.05) is 5.56 Å². The van der Waals surface area contributed by atoms with Crippen molar-refractivity contribution in [3.8, 4) is 0 Å². The number of nitrogens with zero attached hydrogens (tertiary/aromatic N) is 2. The summed E-state index contributed by atoms with van der Waals surface area (Å²) in [5.41, 5.74) is 9.01. The molecule has 1 aromatic carbocycles. The van der Waals surface area contributed by atoms with Crippen LogP contribution in [0.3, 0.4) is 0 Å². The fourth-order valence-electron chi connectivity index (χ4n) is 2.20. The molecule has 1 aromatic rings. The van der Waals surface area contributed by atoms with E-state index in [0.29, 0.717) is 5.56 Å². The number of rotatable bonds is 5. The van der Waals surface area contributed by atoms with Crippen molar-refractivity contribution in [2.75, 3.05) is 13.2 Å². The highest BCUT2D eigenvalue weighted by molar-refractivity contribution is 6.35. The molecule has 8 nitrogen and oxygen atoms in total. The Morgan fingerprint density at radius 1 is 1.48 bits per heavy atom. The van der Waals surface area contributed by atoms with E-state index < -0.39 is 36.3 Å². The summed E-state index contributed by atoms with van der Waals surface area (Å²) < 4.78 is 15.6. The molecule has 0 saturated carbocycles. The Balaban J connectivity index is 2.16. The largest absolute Gasteiger partial charge is 0.457 e. The molecule has 1 aliphatic rings. The molecule has 2 rings (SSSR count). The van der Waals surface area contributed by atoms with Crippen molar-refractivity contribution < 1.29 is 34.0 Å². The molecule has 8 heteroatoms. The second kappa shape index (κ2) is 7.96. The lowest BCUT2D eigenvalue weighted by Crippen LogP contribution is -2.52. The highest BCUT2D eigenvalue weighted by Crippen LogP contribution is 2.28. The van der Waals surface area contributed by atoms with E-state index in [1.165, 1.54) is 0 Å². The standard InChI is InChI=1S/C15H18N2O6/c1-2-21-14(20)11(17-16)12(19)13-10(18)8-22-15(23-13)9-6-4-3-5-7-9/h3-7,10,12-13,15,18-19H,2,8H2,1H3/t10-,12+,13-,15+/m1/s1. The van der Waals surface area contributed by atoms with E-state index in [2.05, 4.69) is 4.79 Å². The first kappa shape index (κ1) is 17.3. The minimum atomic E-state index is -1.66. The van der Waals surface area contributed by atoms with Crippen LogP contribution in [0.15, 0.2) is 30.3 Å². The third kappa shape index (κ3) is 4.01. The molecule has 0 radical (unpaired) electrons. The lowest BCUT2D eigenvalue weighted by atomic mass is 10.0. The molecule has 124 valence electrons. The molecule has 0 bridgehead atoms. The van der Waals surface area contributed by atoms with Gasteiger partial charge >= 0.3 is 11.7 Å². The molecule has 0 unspecified atom stereocenters. The van der Waals surface area contributed by atoms with E-state index in [9.17, 15) is 15.0 Å². The number of ether oxygens (including phenoxy) is 3. The molecule has 0 aromatic heterocycles. The van der Waals surface area contributed by atoms with Crippen LogP contribution >= 0.6 is 0 Å². The van der Waals surface area contributed by atoms with Crippen LogP contribution in [0.5, 0.6) is 0 Å². The van der Waals surface area contributed by atoms with E-state index in [-0.39, 0.29) is 13.2 Å². The maximum Gasteiger partial charge on any atom is 0.419 e. The van der Waals surface area contributed by atoms with Crippen LogP contribution in [0.25, 0.3) is 5.53 Å². The summed E-state index contributed by atoms with van der Waals surface area (Å²) in [6.07, 6.45) is -4.88. The topological polar surface area (TPSA) is 122 Å². The maximum atomic E-state index is 11.7. The van der Waals surface area contributed by atoms with Crippen LogP contribution in [0.1, 0.15) is 18.8 Å². The van der Waals surface area contributed by atoms with Gasteiger partial charge in [-0.3, -0.25) is 0 Å². The number of carbonyl (C=O) groups excluding carboxylic acids is 1. The maximum absolute atomic E-state index is 11.7. The predicted molar refractivity (Wildman–Crippen MR) is 77.3 cm³/mol. The molecular weight excluding hydrogens is 304 g/mol. The summed E-state index contributed by atoms with van der Waals surface area (Å²) in [5.74, 6) is -0.985. The number of aliphatic hydroxyl groups excluding tert-OH is 2. The van der Waals surface area contributed by atoms with Gasteiger partial charge in [0.15, 0.2) is 12.4 Å². The van der Waals surface area contributed by atoms with Gasteiger partial charge in [-0.15, -0.1) is 0 Å². The molecule has 0 amide bonds. The fourth-order valence-corrected chi connectivity index (χ4v) is 2.20. The predicted octanol–water partition coefficient (Wildman–Crippen LogP) is 0.0563. The van der Waals surface area contributed by atoms with Gasteiger partial charge in [0.05, 0.1) is 13.2 Å². The van der Waals surface area contributed by atoms with Gasteiger partial charge in [0.25, 0.3) is 0 Å². The van der Waals surface area contributed by atoms with E-state index in [4.69, 9.17) is 19.7 Å². The highest BCUT2D eigenvalue weighted by Gasteiger charge is 2.45. The van der Waals surface area contributed by atoms with Crippen molar-refractivity contribution in [3.63, 3.8) is 0 Å². The first-order valence-electron chi connectivity index (χ1n) is 7.15. The van der Waals surface area contributed by atoms with Gasteiger partial charge in [-0.2, -0.15) is 4.79 Å². The zero-order valence-corrected chi connectivity index (χ0v) is 12.5. The average molecular weight is 322 g/mol. The normalized spacial score (nSPS) is 25.3. The van der Waals surface area contributed by atoms with Crippen LogP contribution < -0.4 is 0 Å². The van der Waals surface area contributed by atoms with Gasteiger partial charge in [0.2, 0.25) is 0 Å². The second-order valence-electron chi connectivity index (χ2n) is 4.89. The first-order chi connectivity index (χ1) is 11.1. The molecule has 4 atom stereocenters. The summed E-state index contributed by atoms with van der Waals surface area (Å²) >= 11 is 0. The summed E-state index contributed by atoms with van der Waals surface area (Å²) in [7, 11) is 0. The zero-order chi connectivity index (χ0) is 16.8. The van der Waals surface area contributed by atoms with Gasteiger partial charge in [0.1, 0.15) is 12.2 Å². The van der Waals surface area contributed by atoms with E-state index in [0.717, 1.165) is 0 Å². The van der Waals surface area contributed by atoms with E-state index >= 15 is 0 Å². The number of carbonyl (C=O) groups is 1. The van der Waals surface area contributed by atoms with Gasteiger partial charge in [-0.25, -0.2) is 4.79 Å². The molecule has 2 N–H and O–H groups in total. The van der Waals surface area contributed by atoms with Crippen molar-refractivity contribution in [1.29, 1.82) is 0 Å². The Morgan fingerprint density at radius 2 is 2.17 bits per heavy atom. The third-order valence-electron chi connectivity index (χ3n) is 3.33. The average Bonchev–Trinajstić information content (AvgIpc) is 2.57. The molecule has 1 fully saturated rings. The van der Waals surface area contributed by atoms with Gasteiger partial charge in [-0.05, 0) is 6.92 Å². The Bertz CT molecular complexity index is 587. The Hall–Kier alpha value is -2.09. The number of hydrogen-bond donors (Lipinski definition) is 2. The van der Waals surface area contributed by atoms with Gasteiger partial charge < -0.3 is 30.0 Å². The zero-order valence-electron chi connectivity index (χ0n) is 12.5. The Labute approximate surface area is 132 Å². The van der Waals surface area contributed by atoms with Crippen molar-refractivity contribution >= 4 is 11.7 Å². The summed E-state index contributed by atoms with van der Waals surface area (Å²) in [6, 6.07) is 8.93. The van der Waals surface area contributed by atoms with Crippen molar-refractivity contribution in [2.45, 2.75) is 31.5 Å². The number of hydrogen-bond acceptors (Lipinski definition) is 6.